The minimum absolute atomic E-state index is 0.0774. The second-order valence-corrected chi connectivity index (χ2v) is 7.95. The highest BCUT2D eigenvalue weighted by Gasteiger charge is 2.28. The zero-order chi connectivity index (χ0) is 15.5. The van der Waals surface area contributed by atoms with Crippen molar-refractivity contribution < 1.29 is 13.3 Å². The molecule has 2 rings (SSSR count). The summed E-state index contributed by atoms with van der Waals surface area (Å²) in [6.07, 6.45) is 4.57. The topological polar surface area (TPSA) is 89.3 Å². The Labute approximate surface area is 124 Å². The van der Waals surface area contributed by atoms with E-state index >= 15 is 0 Å². The van der Waals surface area contributed by atoms with Gasteiger partial charge < -0.3 is 5.32 Å². The van der Waals surface area contributed by atoms with Gasteiger partial charge >= 0.3 is 0 Å². The van der Waals surface area contributed by atoms with Crippen LogP contribution in [0.3, 0.4) is 0 Å². The summed E-state index contributed by atoms with van der Waals surface area (Å²) in [6.45, 7) is 0.596. The fourth-order valence-corrected chi connectivity index (χ4v) is 3.89. The Morgan fingerprint density at radius 3 is 2.52 bits per heavy atom. The number of rotatable bonds is 5. The number of nitro benzene ring substituents is 1. The average molecular weight is 312 g/mol. The van der Waals surface area contributed by atoms with Crippen molar-refractivity contribution >= 4 is 15.5 Å². The molecule has 0 aliphatic heterocycles. The van der Waals surface area contributed by atoms with E-state index in [4.69, 9.17) is 0 Å². The first kappa shape index (κ1) is 15.9. The van der Waals surface area contributed by atoms with Crippen LogP contribution in [0.4, 0.5) is 5.69 Å². The minimum Gasteiger partial charge on any atom is -0.310 e. The van der Waals surface area contributed by atoms with Gasteiger partial charge in [0.25, 0.3) is 5.69 Å². The number of sulfone groups is 1. The SMILES string of the molecule is CS(=O)(=O)C1CCCC(NCc2ccc([N+](=O)[O-])cc2)C1. The number of nitro groups is 1. The van der Waals surface area contributed by atoms with Crippen LogP contribution in [-0.4, -0.2) is 30.9 Å². The van der Waals surface area contributed by atoms with Crippen LogP contribution < -0.4 is 5.32 Å². The first-order valence-electron chi connectivity index (χ1n) is 7.02. The molecule has 6 nitrogen and oxygen atoms in total. The van der Waals surface area contributed by atoms with Crippen molar-refractivity contribution in [3.63, 3.8) is 0 Å². The van der Waals surface area contributed by atoms with Gasteiger partial charge in [0.05, 0.1) is 10.2 Å². The Balaban J connectivity index is 1.89. The predicted octanol–water partition coefficient (Wildman–Crippen LogP) is 2.04. The van der Waals surface area contributed by atoms with Crippen LogP contribution in [0.1, 0.15) is 31.2 Å². The summed E-state index contributed by atoms with van der Waals surface area (Å²) in [6, 6.07) is 6.60. The molecule has 0 bridgehead atoms. The standard InChI is InChI=1S/C14H20N2O4S/c1-21(19,20)14-4-2-3-12(9-14)15-10-11-5-7-13(8-6-11)16(17)18/h5-8,12,14-15H,2-4,9-10H2,1H3. The van der Waals surface area contributed by atoms with Gasteiger partial charge in [-0.2, -0.15) is 0 Å². The maximum atomic E-state index is 11.6. The lowest BCUT2D eigenvalue weighted by Crippen LogP contribution is -2.38. The summed E-state index contributed by atoms with van der Waals surface area (Å²) in [5, 5.41) is 13.7. The average Bonchev–Trinajstić information content (AvgIpc) is 2.45. The third kappa shape index (κ3) is 4.50. The fourth-order valence-electron chi connectivity index (χ4n) is 2.72. The van der Waals surface area contributed by atoms with Crippen molar-refractivity contribution in [2.75, 3.05) is 6.26 Å². The molecule has 0 spiro atoms. The van der Waals surface area contributed by atoms with E-state index in [9.17, 15) is 18.5 Å². The number of hydrogen-bond acceptors (Lipinski definition) is 5. The van der Waals surface area contributed by atoms with Gasteiger partial charge in [-0.1, -0.05) is 18.6 Å². The number of nitrogens with one attached hydrogen (secondary N) is 1. The molecule has 1 saturated carbocycles. The molecule has 2 atom stereocenters. The zero-order valence-corrected chi connectivity index (χ0v) is 12.8. The molecule has 1 N–H and O–H groups in total. The number of non-ortho nitro benzene ring substituents is 1. The van der Waals surface area contributed by atoms with Crippen molar-refractivity contribution in [2.24, 2.45) is 0 Å². The van der Waals surface area contributed by atoms with E-state index < -0.39 is 14.8 Å². The predicted molar refractivity (Wildman–Crippen MR) is 80.8 cm³/mol. The second-order valence-electron chi connectivity index (χ2n) is 5.62. The van der Waals surface area contributed by atoms with Gasteiger partial charge in [-0.25, -0.2) is 8.42 Å². The van der Waals surface area contributed by atoms with E-state index in [-0.39, 0.29) is 17.0 Å². The van der Waals surface area contributed by atoms with Crippen molar-refractivity contribution in [1.82, 2.24) is 5.32 Å². The van der Waals surface area contributed by atoms with Crippen molar-refractivity contribution in [3.8, 4) is 0 Å². The third-order valence-electron chi connectivity index (χ3n) is 3.97. The fraction of sp³-hybridized carbons (Fsp3) is 0.571. The smallest absolute Gasteiger partial charge is 0.269 e. The molecule has 1 aromatic carbocycles. The van der Waals surface area contributed by atoms with E-state index in [0.717, 1.165) is 24.8 Å². The highest BCUT2D eigenvalue weighted by molar-refractivity contribution is 7.91. The molecule has 1 aliphatic rings. The Hall–Kier alpha value is -1.47. The normalized spacial score (nSPS) is 22.9. The molecule has 0 amide bonds. The molecule has 0 heterocycles. The monoisotopic (exact) mass is 312 g/mol. The van der Waals surface area contributed by atoms with E-state index in [1.54, 1.807) is 12.1 Å². The van der Waals surface area contributed by atoms with Gasteiger partial charge in [0, 0.05) is 31.0 Å². The lowest BCUT2D eigenvalue weighted by atomic mass is 9.95. The minimum atomic E-state index is -2.97. The first-order chi connectivity index (χ1) is 9.86. The summed E-state index contributed by atoms with van der Waals surface area (Å²) in [4.78, 5) is 10.2. The lowest BCUT2D eigenvalue weighted by Gasteiger charge is -2.28. The Bertz CT molecular complexity index is 598. The molecular weight excluding hydrogens is 292 g/mol. The highest BCUT2D eigenvalue weighted by Crippen LogP contribution is 2.24. The van der Waals surface area contributed by atoms with Gasteiger partial charge in [0.1, 0.15) is 9.84 Å². The summed E-state index contributed by atoms with van der Waals surface area (Å²) >= 11 is 0. The van der Waals surface area contributed by atoms with Crippen LogP contribution in [0.5, 0.6) is 0 Å². The molecular formula is C14H20N2O4S. The number of nitrogens with zero attached hydrogens (tertiary/aromatic N) is 1. The molecule has 2 unspecified atom stereocenters. The van der Waals surface area contributed by atoms with Crippen LogP contribution in [0.2, 0.25) is 0 Å². The van der Waals surface area contributed by atoms with Gasteiger partial charge in [0.15, 0.2) is 0 Å². The van der Waals surface area contributed by atoms with Gasteiger partial charge in [-0.3, -0.25) is 10.1 Å². The Morgan fingerprint density at radius 1 is 1.29 bits per heavy atom. The van der Waals surface area contributed by atoms with Crippen molar-refractivity contribution in [2.45, 2.75) is 43.5 Å². The maximum absolute atomic E-state index is 11.6. The summed E-state index contributed by atoms with van der Waals surface area (Å²) in [5.41, 5.74) is 1.04. The second kappa shape index (κ2) is 6.53. The molecule has 0 aromatic heterocycles. The molecule has 21 heavy (non-hydrogen) atoms. The van der Waals surface area contributed by atoms with Crippen molar-refractivity contribution in [3.05, 3.63) is 39.9 Å². The molecule has 116 valence electrons. The molecule has 0 radical (unpaired) electrons. The molecule has 1 aliphatic carbocycles. The van der Waals surface area contributed by atoms with Crippen LogP contribution in [0.25, 0.3) is 0 Å². The zero-order valence-electron chi connectivity index (χ0n) is 12.0. The maximum Gasteiger partial charge on any atom is 0.269 e. The Morgan fingerprint density at radius 2 is 1.95 bits per heavy atom. The van der Waals surface area contributed by atoms with Crippen LogP contribution in [0.15, 0.2) is 24.3 Å². The summed E-state index contributed by atoms with van der Waals surface area (Å²) in [5.74, 6) is 0. The largest absolute Gasteiger partial charge is 0.310 e. The van der Waals surface area contributed by atoms with E-state index in [1.807, 2.05) is 0 Å². The van der Waals surface area contributed by atoms with Crippen LogP contribution in [0, 0.1) is 10.1 Å². The van der Waals surface area contributed by atoms with E-state index in [1.165, 1.54) is 18.4 Å². The number of benzene rings is 1. The van der Waals surface area contributed by atoms with Gasteiger partial charge in [-0.15, -0.1) is 0 Å². The lowest BCUT2D eigenvalue weighted by molar-refractivity contribution is -0.384. The number of hydrogen-bond donors (Lipinski definition) is 1. The summed E-state index contributed by atoms with van der Waals surface area (Å²) in [7, 11) is -2.97. The quantitative estimate of drug-likeness (QED) is 0.664. The Kier molecular flexibility index (Phi) is 4.95. The van der Waals surface area contributed by atoms with Crippen LogP contribution >= 0.6 is 0 Å². The summed E-state index contributed by atoms with van der Waals surface area (Å²) < 4.78 is 23.2. The molecule has 0 saturated heterocycles. The first-order valence-corrected chi connectivity index (χ1v) is 8.97. The molecule has 1 aromatic rings. The van der Waals surface area contributed by atoms with Gasteiger partial charge in [-0.05, 0) is 24.8 Å². The van der Waals surface area contributed by atoms with E-state index in [2.05, 4.69) is 5.32 Å². The third-order valence-corrected chi connectivity index (χ3v) is 5.61. The van der Waals surface area contributed by atoms with Crippen molar-refractivity contribution in [1.29, 1.82) is 0 Å². The molecule has 7 heteroatoms. The molecule has 1 fully saturated rings. The van der Waals surface area contributed by atoms with Crippen LogP contribution in [-0.2, 0) is 16.4 Å². The highest BCUT2D eigenvalue weighted by atomic mass is 32.2. The van der Waals surface area contributed by atoms with Gasteiger partial charge in [0.2, 0.25) is 0 Å². The van der Waals surface area contributed by atoms with E-state index in [0.29, 0.717) is 13.0 Å².